The molecule has 164 valence electrons. The number of esters is 1. The van der Waals surface area contributed by atoms with Crippen LogP contribution < -0.4 is 9.64 Å². The van der Waals surface area contributed by atoms with Crippen LogP contribution in [-0.2, 0) is 9.53 Å². The van der Waals surface area contributed by atoms with Crippen LogP contribution in [0.3, 0.4) is 0 Å². The van der Waals surface area contributed by atoms with E-state index in [0.29, 0.717) is 43.1 Å². The standard InChI is InChI=1S/C23H27N3O5/c1-3-30-23(29)19-8-9-21(24-15-19)25-10-5-11-26(13-12-25)22(28)16-31-20-7-4-6-18(14-20)17(2)27/h4,6-9,14-15H,3,5,10-13,16H2,1-2H3. The van der Waals surface area contributed by atoms with Crippen LogP contribution in [0.5, 0.6) is 5.75 Å². The van der Waals surface area contributed by atoms with E-state index in [1.807, 2.05) is 0 Å². The monoisotopic (exact) mass is 425 g/mol. The summed E-state index contributed by atoms with van der Waals surface area (Å²) in [6.07, 6.45) is 2.32. The Morgan fingerprint density at radius 1 is 1.03 bits per heavy atom. The Hall–Kier alpha value is -3.42. The SMILES string of the molecule is CCOC(=O)c1ccc(N2CCCN(C(=O)COc3cccc(C(C)=O)c3)CC2)nc1. The number of pyridine rings is 1. The second kappa shape index (κ2) is 10.6. The van der Waals surface area contributed by atoms with Gasteiger partial charge in [-0.3, -0.25) is 9.59 Å². The van der Waals surface area contributed by atoms with E-state index < -0.39 is 0 Å². The molecule has 1 fully saturated rings. The molecule has 0 aliphatic carbocycles. The first-order valence-electron chi connectivity index (χ1n) is 10.4. The van der Waals surface area contributed by atoms with Crippen LogP contribution in [-0.4, -0.2) is 66.9 Å². The van der Waals surface area contributed by atoms with Crippen LogP contribution in [0, 0.1) is 0 Å². The Labute approximate surface area is 181 Å². The summed E-state index contributed by atoms with van der Waals surface area (Å²) in [6, 6.07) is 10.3. The Kier molecular flexibility index (Phi) is 7.59. The molecule has 0 unspecified atom stereocenters. The third kappa shape index (κ3) is 6.04. The van der Waals surface area contributed by atoms with Crippen molar-refractivity contribution in [1.29, 1.82) is 0 Å². The van der Waals surface area contributed by atoms with E-state index in [9.17, 15) is 14.4 Å². The first-order valence-corrected chi connectivity index (χ1v) is 10.4. The normalized spacial score (nSPS) is 14.0. The minimum atomic E-state index is -0.386. The first-order chi connectivity index (χ1) is 15.0. The summed E-state index contributed by atoms with van der Waals surface area (Å²) in [5, 5.41) is 0. The molecule has 1 saturated heterocycles. The lowest BCUT2D eigenvalue weighted by molar-refractivity contribution is -0.133. The summed E-state index contributed by atoms with van der Waals surface area (Å²) in [4.78, 5) is 44.1. The molecule has 0 atom stereocenters. The molecular formula is C23H27N3O5. The number of hydrogen-bond acceptors (Lipinski definition) is 7. The van der Waals surface area contributed by atoms with Gasteiger partial charge in [-0.25, -0.2) is 9.78 Å². The second-order valence-corrected chi connectivity index (χ2v) is 7.22. The van der Waals surface area contributed by atoms with Crippen LogP contribution in [0.15, 0.2) is 42.6 Å². The molecule has 0 spiro atoms. The highest BCUT2D eigenvalue weighted by Crippen LogP contribution is 2.16. The molecule has 31 heavy (non-hydrogen) atoms. The predicted octanol–water partition coefficient (Wildman–Crippen LogP) is 2.58. The number of hydrogen-bond donors (Lipinski definition) is 0. The lowest BCUT2D eigenvalue weighted by atomic mass is 10.1. The van der Waals surface area contributed by atoms with Crippen LogP contribution in [0.2, 0.25) is 0 Å². The number of amides is 1. The zero-order valence-electron chi connectivity index (χ0n) is 17.9. The summed E-state index contributed by atoms with van der Waals surface area (Å²) < 4.78 is 10.6. The van der Waals surface area contributed by atoms with Crippen molar-refractivity contribution in [2.45, 2.75) is 20.3 Å². The van der Waals surface area contributed by atoms with Gasteiger partial charge in [0.2, 0.25) is 0 Å². The highest BCUT2D eigenvalue weighted by Gasteiger charge is 2.20. The van der Waals surface area contributed by atoms with Crippen molar-refractivity contribution in [2.24, 2.45) is 0 Å². The lowest BCUT2D eigenvalue weighted by Gasteiger charge is -2.23. The highest BCUT2D eigenvalue weighted by molar-refractivity contribution is 5.94. The van der Waals surface area contributed by atoms with Crippen molar-refractivity contribution in [3.63, 3.8) is 0 Å². The van der Waals surface area contributed by atoms with Gasteiger partial charge in [-0.05, 0) is 44.5 Å². The molecule has 0 bridgehead atoms. The quantitative estimate of drug-likeness (QED) is 0.498. The fraction of sp³-hybridized carbons (Fsp3) is 0.391. The summed E-state index contributed by atoms with van der Waals surface area (Å²) in [5.41, 5.74) is 0.972. The van der Waals surface area contributed by atoms with Crippen LogP contribution in [0.4, 0.5) is 5.82 Å². The van der Waals surface area contributed by atoms with E-state index in [2.05, 4.69) is 9.88 Å². The average Bonchev–Trinajstić information content (AvgIpc) is 3.04. The molecule has 8 heteroatoms. The van der Waals surface area contributed by atoms with Gasteiger partial charge in [-0.15, -0.1) is 0 Å². The van der Waals surface area contributed by atoms with Gasteiger partial charge >= 0.3 is 5.97 Å². The first kappa shape index (κ1) is 22.3. The van der Waals surface area contributed by atoms with Crippen molar-refractivity contribution in [1.82, 2.24) is 9.88 Å². The highest BCUT2D eigenvalue weighted by atomic mass is 16.5. The Morgan fingerprint density at radius 2 is 1.87 bits per heavy atom. The van der Waals surface area contributed by atoms with Crippen LogP contribution in [0.25, 0.3) is 0 Å². The van der Waals surface area contributed by atoms with Gasteiger partial charge in [0.1, 0.15) is 11.6 Å². The zero-order chi connectivity index (χ0) is 22.2. The number of benzene rings is 1. The topological polar surface area (TPSA) is 89.0 Å². The van der Waals surface area contributed by atoms with Crippen molar-refractivity contribution >= 4 is 23.5 Å². The molecule has 0 saturated carbocycles. The number of rotatable bonds is 7. The van der Waals surface area contributed by atoms with Crippen molar-refractivity contribution in [3.05, 3.63) is 53.7 Å². The maximum atomic E-state index is 12.6. The molecule has 2 aromatic rings. The zero-order valence-corrected chi connectivity index (χ0v) is 17.9. The number of anilines is 1. The van der Waals surface area contributed by atoms with E-state index in [4.69, 9.17) is 9.47 Å². The molecule has 0 N–H and O–H groups in total. The van der Waals surface area contributed by atoms with Crippen molar-refractivity contribution in [3.8, 4) is 5.75 Å². The van der Waals surface area contributed by atoms with Gasteiger partial charge < -0.3 is 19.3 Å². The van der Waals surface area contributed by atoms with Gasteiger partial charge in [-0.1, -0.05) is 12.1 Å². The maximum Gasteiger partial charge on any atom is 0.339 e. The van der Waals surface area contributed by atoms with Crippen molar-refractivity contribution < 1.29 is 23.9 Å². The summed E-state index contributed by atoms with van der Waals surface area (Å²) >= 11 is 0. The summed E-state index contributed by atoms with van der Waals surface area (Å²) in [5.74, 6) is 0.736. The van der Waals surface area contributed by atoms with Crippen molar-refractivity contribution in [2.75, 3.05) is 44.3 Å². The molecular weight excluding hydrogens is 398 g/mol. The fourth-order valence-corrected chi connectivity index (χ4v) is 3.35. The molecule has 1 aliphatic heterocycles. The lowest BCUT2D eigenvalue weighted by Crippen LogP contribution is -2.38. The van der Waals surface area contributed by atoms with E-state index in [0.717, 1.165) is 18.8 Å². The molecule has 0 radical (unpaired) electrons. The largest absolute Gasteiger partial charge is 0.484 e. The predicted molar refractivity (Wildman–Crippen MR) is 116 cm³/mol. The smallest absolute Gasteiger partial charge is 0.339 e. The Morgan fingerprint density at radius 3 is 2.58 bits per heavy atom. The molecule has 1 aromatic heterocycles. The van der Waals surface area contributed by atoms with Crippen LogP contribution >= 0.6 is 0 Å². The molecule has 1 amide bonds. The Bertz CT molecular complexity index is 929. The average molecular weight is 425 g/mol. The molecule has 1 aromatic carbocycles. The second-order valence-electron chi connectivity index (χ2n) is 7.22. The third-order valence-electron chi connectivity index (χ3n) is 5.03. The number of ether oxygens (including phenoxy) is 2. The van der Waals surface area contributed by atoms with Gasteiger partial charge in [-0.2, -0.15) is 0 Å². The van der Waals surface area contributed by atoms with E-state index in [-0.39, 0.29) is 24.3 Å². The number of aromatic nitrogens is 1. The van der Waals surface area contributed by atoms with E-state index >= 15 is 0 Å². The minimum Gasteiger partial charge on any atom is -0.484 e. The van der Waals surface area contributed by atoms with Gasteiger partial charge in [0.05, 0.1) is 12.2 Å². The molecule has 1 aliphatic rings. The number of carbonyl (C=O) groups is 3. The summed E-state index contributed by atoms with van der Waals surface area (Å²) in [7, 11) is 0. The fourth-order valence-electron chi connectivity index (χ4n) is 3.35. The van der Waals surface area contributed by atoms with E-state index in [1.54, 1.807) is 48.2 Å². The van der Waals surface area contributed by atoms with Gasteiger partial charge in [0.25, 0.3) is 5.91 Å². The maximum absolute atomic E-state index is 12.6. The number of ketones is 1. The van der Waals surface area contributed by atoms with Gasteiger partial charge in [0, 0.05) is 37.9 Å². The third-order valence-corrected chi connectivity index (χ3v) is 5.03. The van der Waals surface area contributed by atoms with E-state index in [1.165, 1.54) is 13.1 Å². The molecule has 8 nitrogen and oxygen atoms in total. The minimum absolute atomic E-state index is 0.0479. The Balaban J connectivity index is 1.53. The number of nitrogens with zero attached hydrogens (tertiary/aromatic N) is 3. The van der Waals surface area contributed by atoms with Gasteiger partial charge in [0.15, 0.2) is 12.4 Å². The van der Waals surface area contributed by atoms with Crippen LogP contribution in [0.1, 0.15) is 41.0 Å². The number of carbonyl (C=O) groups excluding carboxylic acids is 3. The summed E-state index contributed by atoms with van der Waals surface area (Å²) in [6.45, 7) is 6.08. The number of Topliss-reactive ketones (excluding diaryl/α,β-unsaturated/α-hetero) is 1. The molecule has 2 heterocycles. The molecule has 3 rings (SSSR count).